The van der Waals surface area contributed by atoms with Crippen molar-refractivity contribution in [1.29, 1.82) is 0 Å². The van der Waals surface area contributed by atoms with Crippen molar-refractivity contribution in [2.75, 3.05) is 16.8 Å². The van der Waals surface area contributed by atoms with Gasteiger partial charge in [-0.05, 0) is 91.7 Å². The van der Waals surface area contributed by atoms with E-state index in [1.807, 2.05) is 83.1 Å². The molecule has 73 heavy (non-hydrogen) atoms. The number of nitrogens with two attached hydrogens (primary N) is 2. The van der Waals surface area contributed by atoms with Crippen LogP contribution in [0.25, 0.3) is 10.4 Å². The molecule has 4 aromatic rings. The van der Waals surface area contributed by atoms with Crippen LogP contribution in [-0.2, 0) is 52.8 Å². The summed E-state index contributed by atoms with van der Waals surface area (Å²) in [4.78, 5) is 103. The molecule has 392 valence electrons. The molecule has 0 radical (unpaired) electrons. The number of primary amides is 1. The largest absolute Gasteiger partial charge is 0.391 e. The van der Waals surface area contributed by atoms with Crippen LogP contribution in [0, 0.1) is 12.3 Å². The number of aryl methyl sites for hydroxylation is 3. The number of β-amino-alcohol motifs (C(OH)–C–C–N with tert-alkyl or cyclic N) is 1. The predicted octanol–water partition coefficient (Wildman–Crippen LogP) is 5.59. The molecular weight excluding hydrogens is 994 g/mol. The van der Waals surface area contributed by atoms with E-state index in [2.05, 4.69) is 26.3 Å². The highest BCUT2D eigenvalue weighted by atomic mass is 35.5. The molecule has 3 aliphatic rings. The third kappa shape index (κ3) is 13.4. The van der Waals surface area contributed by atoms with Gasteiger partial charge in [0.05, 0.1) is 50.7 Å². The van der Waals surface area contributed by atoms with E-state index < -0.39 is 65.4 Å². The quantitative estimate of drug-likeness (QED) is 0.0573. The van der Waals surface area contributed by atoms with Gasteiger partial charge in [-0.2, -0.15) is 0 Å². The Labute approximate surface area is 441 Å². The van der Waals surface area contributed by atoms with Crippen molar-refractivity contribution in [2.45, 2.75) is 148 Å². The zero-order chi connectivity index (χ0) is 52.0. The molecule has 7 rings (SSSR count). The Morgan fingerprint density at radius 2 is 1.62 bits per heavy atom. The normalized spacial score (nSPS) is 19.4. The van der Waals surface area contributed by atoms with Gasteiger partial charge in [-0.1, -0.05) is 93.4 Å². The summed E-state index contributed by atoms with van der Waals surface area (Å²) in [5.41, 5.74) is 19.1. The number of carbonyl (C=O) groups is 7. The highest BCUT2D eigenvalue weighted by Crippen LogP contribution is 2.39. The molecule has 3 aliphatic heterocycles. The lowest BCUT2D eigenvalue weighted by atomic mass is 9.85. The lowest BCUT2D eigenvalue weighted by Crippen LogP contribution is -2.57. The minimum absolute atomic E-state index is 0. The van der Waals surface area contributed by atoms with Gasteiger partial charge in [-0.3, -0.25) is 38.5 Å². The van der Waals surface area contributed by atoms with Crippen LogP contribution in [0.15, 0.2) is 66.2 Å². The van der Waals surface area contributed by atoms with E-state index in [1.54, 1.807) is 29.0 Å². The molecule has 20 heteroatoms. The van der Waals surface area contributed by atoms with Crippen LogP contribution in [0.4, 0.5) is 11.4 Å². The number of carbonyl (C=O) groups excluding carboxylic acids is 7. The number of benzene rings is 3. The lowest BCUT2D eigenvalue weighted by molar-refractivity contribution is -0.144. The molecule has 17 nitrogen and oxygen atoms in total. The fourth-order valence-electron chi connectivity index (χ4n) is 9.80. The van der Waals surface area contributed by atoms with Crippen molar-refractivity contribution < 1.29 is 38.7 Å². The average Bonchev–Trinajstić information content (AvgIpc) is 4.05. The standard InChI is InChI=1S/C53H66ClN9O8S.ClH/c1-29(31-17-19-34(20-18-31)46-30(2)57-28-72-46)58-49(68)40-26-36(64)27-62(40)52(71)47(53(3,4)5)61-43(66)16-8-6-7-11-32-12-10-15-38(44(32)54)59-48(67)39(23-24-42(56)65)60-50(69)41-25-35-14-9-13-33-21-22-37(55)51(70)63(41)45(33)35;/h9-10,12-15,17-20,28-29,36-37,39-41,47,64H,6-8,11,16,21-27,55H2,1-5H3,(H2,56,65)(H,58,68)(H,59,67)(H,60,69)(H,61,66);1H/t29-,36+,37-,39-,40-,41-,47+;/m0./s1. The number of unbranched alkanes of at least 4 members (excludes halogenated alkanes) is 2. The fraction of sp³-hybridized carbons (Fsp3) is 0.472. The number of aliphatic hydroxyl groups excluding tert-OH is 1. The Hall–Kier alpha value is -5.92. The molecule has 7 amide bonds. The van der Waals surface area contributed by atoms with Crippen molar-refractivity contribution in [3.8, 4) is 10.4 Å². The summed E-state index contributed by atoms with van der Waals surface area (Å²) >= 11 is 8.40. The van der Waals surface area contributed by atoms with Crippen molar-refractivity contribution >= 4 is 88.1 Å². The molecule has 7 atom stereocenters. The number of halogens is 2. The van der Waals surface area contributed by atoms with Crippen LogP contribution >= 0.6 is 35.3 Å². The Morgan fingerprint density at radius 1 is 0.918 bits per heavy atom. The van der Waals surface area contributed by atoms with Gasteiger partial charge in [0.2, 0.25) is 41.4 Å². The number of anilines is 2. The zero-order valence-corrected chi connectivity index (χ0v) is 44.3. The molecule has 1 saturated heterocycles. The van der Waals surface area contributed by atoms with E-state index in [0.29, 0.717) is 54.9 Å². The van der Waals surface area contributed by atoms with Crippen LogP contribution < -0.4 is 37.6 Å². The minimum Gasteiger partial charge on any atom is -0.391 e. The maximum Gasteiger partial charge on any atom is 0.247 e. The third-order valence-electron chi connectivity index (χ3n) is 13.8. The summed E-state index contributed by atoms with van der Waals surface area (Å²) in [6.45, 7) is 9.31. The second-order valence-electron chi connectivity index (χ2n) is 20.3. The van der Waals surface area contributed by atoms with Gasteiger partial charge in [0.25, 0.3) is 0 Å². The van der Waals surface area contributed by atoms with E-state index in [4.69, 9.17) is 23.1 Å². The maximum atomic E-state index is 14.2. The first-order chi connectivity index (χ1) is 34.2. The van der Waals surface area contributed by atoms with Gasteiger partial charge in [-0.25, -0.2) is 4.98 Å². The Bertz CT molecular complexity index is 2690. The predicted molar refractivity (Wildman–Crippen MR) is 284 cm³/mol. The minimum atomic E-state index is -1.19. The number of aliphatic hydroxyl groups is 1. The zero-order valence-electron chi connectivity index (χ0n) is 41.9. The molecule has 9 N–H and O–H groups in total. The summed E-state index contributed by atoms with van der Waals surface area (Å²) in [6.07, 6.45) is 2.60. The second-order valence-corrected chi connectivity index (χ2v) is 21.5. The SMILES string of the molecule is Cc1ncsc1-c1ccc([C@H](C)NC(=O)[C@@H]2C[C@@H](O)CN2C(=O)[C@@H](NC(=O)CCCCCc2cccc(NC(=O)[C@H](CCC(N)=O)NC(=O)[C@@H]3Cc4cccc5c4N3C(=O)[C@@H](N)CC5)c2Cl)C(C)(C)C)cc1.Cl. The monoisotopic (exact) mass is 1060 g/mol. The highest BCUT2D eigenvalue weighted by molar-refractivity contribution is 7.13. The van der Waals surface area contributed by atoms with Crippen molar-refractivity contribution in [3.05, 3.63) is 99.1 Å². The molecule has 1 fully saturated rings. The molecular formula is C53H67Cl2N9O8S. The molecule has 0 unspecified atom stereocenters. The maximum absolute atomic E-state index is 14.2. The van der Waals surface area contributed by atoms with E-state index >= 15 is 0 Å². The number of hydrogen-bond acceptors (Lipinski definition) is 11. The van der Waals surface area contributed by atoms with E-state index in [9.17, 15) is 38.7 Å². The molecule has 4 heterocycles. The number of para-hydroxylation sites is 1. The van der Waals surface area contributed by atoms with Crippen molar-refractivity contribution in [2.24, 2.45) is 16.9 Å². The Kier molecular flexibility index (Phi) is 18.9. The van der Waals surface area contributed by atoms with Gasteiger partial charge in [0.15, 0.2) is 0 Å². The number of aromatic nitrogens is 1. The van der Waals surface area contributed by atoms with Crippen LogP contribution in [-0.4, -0.2) is 99.2 Å². The first-order valence-corrected chi connectivity index (χ1v) is 25.9. The average molecular weight is 1060 g/mol. The van der Waals surface area contributed by atoms with Crippen LogP contribution in [0.5, 0.6) is 0 Å². The van der Waals surface area contributed by atoms with Gasteiger partial charge in [0, 0.05) is 32.2 Å². The number of nitrogens with one attached hydrogen (secondary N) is 4. The summed E-state index contributed by atoms with van der Waals surface area (Å²) in [7, 11) is 0. The van der Waals surface area contributed by atoms with Gasteiger partial charge in [-0.15, -0.1) is 23.7 Å². The number of likely N-dealkylation sites (tertiary alicyclic amines) is 1. The number of rotatable bonds is 19. The van der Waals surface area contributed by atoms with Crippen LogP contribution in [0.3, 0.4) is 0 Å². The van der Waals surface area contributed by atoms with E-state index in [-0.39, 0.29) is 74.8 Å². The second kappa shape index (κ2) is 24.4. The number of thiazole rings is 1. The van der Waals surface area contributed by atoms with Crippen LogP contribution in [0.1, 0.15) is 113 Å². The van der Waals surface area contributed by atoms with Gasteiger partial charge < -0.3 is 42.7 Å². The molecule has 0 aliphatic carbocycles. The van der Waals surface area contributed by atoms with E-state index in [1.165, 1.54) is 9.80 Å². The van der Waals surface area contributed by atoms with Crippen LogP contribution in [0.2, 0.25) is 5.02 Å². The van der Waals surface area contributed by atoms with Gasteiger partial charge in [0.1, 0.15) is 24.2 Å². The highest BCUT2D eigenvalue weighted by Gasteiger charge is 2.46. The molecule has 0 saturated carbocycles. The summed E-state index contributed by atoms with van der Waals surface area (Å²) in [5, 5.41) is 22.5. The summed E-state index contributed by atoms with van der Waals surface area (Å²) in [6, 6.07) is 13.6. The summed E-state index contributed by atoms with van der Waals surface area (Å²) < 4.78 is 0. The Balaban J connectivity index is 0.00000869. The Morgan fingerprint density at radius 3 is 2.30 bits per heavy atom. The van der Waals surface area contributed by atoms with Crippen molar-refractivity contribution in [1.82, 2.24) is 25.8 Å². The van der Waals surface area contributed by atoms with Gasteiger partial charge >= 0.3 is 0 Å². The number of hydrogen-bond donors (Lipinski definition) is 7. The summed E-state index contributed by atoms with van der Waals surface area (Å²) in [5.74, 6) is -3.35. The van der Waals surface area contributed by atoms with Crippen molar-refractivity contribution in [3.63, 3.8) is 0 Å². The third-order valence-corrected chi connectivity index (χ3v) is 15.2. The fourth-order valence-corrected chi connectivity index (χ4v) is 10.9. The first kappa shape index (κ1) is 56.4. The molecule has 0 spiro atoms. The topological polar surface area (TPSA) is 259 Å². The molecule has 0 bridgehead atoms. The molecule has 3 aromatic carbocycles. The van der Waals surface area contributed by atoms with E-state index in [0.717, 1.165) is 38.4 Å². The molecule has 1 aromatic heterocycles. The lowest BCUT2D eigenvalue weighted by Gasteiger charge is -2.35. The number of amides is 7. The first-order valence-electron chi connectivity index (χ1n) is 24.7. The number of nitrogens with zero attached hydrogens (tertiary/aromatic N) is 3. The smallest absolute Gasteiger partial charge is 0.247 e.